The lowest BCUT2D eigenvalue weighted by Crippen LogP contribution is -2.09. The van der Waals surface area contributed by atoms with E-state index in [0.29, 0.717) is 5.56 Å². The maximum atomic E-state index is 9.06. The van der Waals surface area contributed by atoms with Crippen LogP contribution in [0.25, 0.3) is 11.3 Å². The van der Waals surface area contributed by atoms with Crippen LogP contribution in [0.2, 0.25) is 0 Å². The molecule has 1 N–H and O–H groups in total. The van der Waals surface area contributed by atoms with Gasteiger partial charge in [-0.2, -0.15) is 5.26 Å². The molecule has 0 unspecified atom stereocenters. The third-order valence-electron chi connectivity index (χ3n) is 3.29. The van der Waals surface area contributed by atoms with Gasteiger partial charge in [0.2, 0.25) is 0 Å². The van der Waals surface area contributed by atoms with Gasteiger partial charge in [0, 0.05) is 23.6 Å². The highest BCUT2D eigenvalue weighted by Gasteiger charge is 2.14. The first kappa shape index (κ1) is 15.0. The van der Waals surface area contributed by atoms with Gasteiger partial charge in [-0.15, -0.1) is 0 Å². The predicted molar refractivity (Wildman–Crippen MR) is 85.2 cm³/mol. The molecule has 4 heteroatoms. The SMILES string of the molecule is CCNc1nc(C(C)C)nc(-c2cccc(C#N)c2)c1C. The Morgan fingerprint density at radius 1 is 1.29 bits per heavy atom. The molecule has 0 radical (unpaired) electrons. The van der Waals surface area contributed by atoms with Crippen molar-refractivity contribution in [2.45, 2.75) is 33.6 Å². The topological polar surface area (TPSA) is 61.6 Å². The molecule has 0 aliphatic carbocycles. The number of rotatable bonds is 4. The Labute approximate surface area is 125 Å². The van der Waals surface area contributed by atoms with Crippen molar-refractivity contribution in [2.75, 3.05) is 11.9 Å². The summed E-state index contributed by atoms with van der Waals surface area (Å²) >= 11 is 0. The van der Waals surface area contributed by atoms with Gasteiger partial charge in [0.05, 0.1) is 17.3 Å². The molecule has 21 heavy (non-hydrogen) atoms. The Balaban J connectivity index is 2.63. The molecule has 2 aromatic rings. The Hall–Kier alpha value is -2.41. The molecule has 0 aliphatic heterocycles. The van der Waals surface area contributed by atoms with Gasteiger partial charge in [0.25, 0.3) is 0 Å². The number of hydrogen-bond donors (Lipinski definition) is 1. The summed E-state index contributed by atoms with van der Waals surface area (Å²) in [5, 5.41) is 12.4. The summed E-state index contributed by atoms with van der Waals surface area (Å²) in [6, 6.07) is 9.71. The zero-order valence-corrected chi connectivity index (χ0v) is 12.9. The molecule has 2 rings (SSSR count). The van der Waals surface area contributed by atoms with Gasteiger partial charge in [0.15, 0.2) is 0 Å². The van der Waals surface area contributed by atoms with Crippen LogP contribution in [0, 0.1) is 18.3 Å². The Morgan fingerprint density at radius 2 is 2.05 bits per heavy atom. The van der Waals surface area contributed by atoms with Crippen molar-refractivity contribution < 1.29 is 0 Å². The van der Waals surface area contributed by atoms with Gasteiger partial charge in [0.1, 0.15) is 11.6 Å². The van der Waals surface area contributed by atoms with Crippen LogP contribution in [0.15, 0.2) is 24.3 Å². The third kappa shape index (κ3) is 3.19. The van der Waals surface area contributed by atoms with Crippen LogP contribution in [0.3, 0.4) is 0 Å². The summed E-state index contributed by atoms with van der Waals surface area (Å²) in [6.07, 6.45) is 0. The second-order valence-corrected chi connectivity index (χ2v) is 5.28. The third-order valence-corrected chi connectivity index (χ3v) is 3.29. The first-order chi connectivity index (χ1) is 10.1. The Kier molecular flexibility index (Phi) is 4.54. The molecular formula is C17H20N4. The van der Waals surface area contributed by atoms with Crippen molar-refractivity contribution in [1.82, 2.24) is 9.97 Å². The molecule has 0 saturated carbocycles. The first-order valence-corrected chi connectivity index (χ1v) is 7.19. The highest BCUT2D eigenvalue weighted by atomic mass is 15.0. The van der Waals surface area contributed by atoms with Crippen LogP contribution in [-0.4, -0.2) is 16.5 Å². The second kappa shape index (κ2) is 6.36. The highest BCUT2D eigenvalue weighted by molar-refractivity contribution is 5.69. The molecule has 0 bridgehead atoms. The quantitative estimate of drug-likeness (QED) is 0.923. The minimum absolute atomic E-state index is 0.251. The molecule has 0 atom stereocenters. The van der Waals surface area contributed by atoms with E-state index in [4.69, 9.17) is 10.2 Å². The second-order valence-electron chi connectivity index (χ2n) is 5.28. The smallest absolute Gasteiger partial charge is 0.133 e. The lowest BCUT2D eigenvalue weighted by molar-refractivity contribution is 0.774. The van der Waals surface area contributed by atoms with E-state index in [-0.39, 0.29) is 5.92 Å². The van der Waals surface area contributed by atoms with E-state index >= 15 is 0 Å². The fourth-order valence-corrected chi connectivity index (χ4v) is 2.15. The summed E-state index contributed by atoms with van der Waals surface area (Å²) in [6.45, 7) is 9.03. The fourth-order valence-electron chi connectivity index (χ4n) is 2.15. The lowest BCUT2D eigenvalue weighted by Gasteiger charge is -2.15. The van der Waals surface area contributed by atoms with Crippen LogP contribution in [0.1, 0.15) is 43.6 Å². The average Bonchev–Trinajstić information content (AvgIpc) is 2.49. The number of benzene rings is 1. The van der Waals surface area contributed by atoms with E-state index in [0.717, 1.165) is 35.0 Å². The molecule has 0 spiro atoms. The molecule has 4 nitrogen and oxygen atoms in total. The number of aromatic nitrogens is 2. The molecule has 0 amide bonds. The van der Waals surface area contributed by atoms with Crippen LogP contribution < -0.4 is 5.32 Å². The van der Waals surface area contributed by atoms with E-state index < -0.39 is 0 Å². The molecule has 0 fully saturated rings. The largest absolute Gasteiger partial charge is 0.370 e. The van der Waals surface area contributed by atoms with E-state index in [1.165, 1.54) is 0 Å². The zero-order chi connectivity index (χ0) is 15.4. The Morgan fingerprint density at radius 3 is 2.67 bits per heavy atom. The van der Waals surface area contributed by atoms with Gasteiger partial charge in [-0.1, -0.05) is 26.0 Å². The molecule has 0 aliphatic rings. The molecular weight excluding hydrogens is 260 g/mol. The maximum absolute atomic E-state index is 9.06. The first-order valence-electron chi connectivity index (χ1n) is 7.19. The van der Waals surface area contributed by atoms with Crippen LogP contribution in [0.5, 0.6) is 0 Å². The number of nitrogens with one attached hydrogen (secondary N) is 1. The average molecular weight is 280 g/mol. The van der Waals surface area contributed by atoms with Crippen molar-refractivity contribution in [3.8, 4) is 17.3 Å². The summed E-state index contributed by atoms with van der Waals surface area (Å²) < 4.78 is 0. The van der Waals surface area contributed by atoms with E-state index in [9.17, 15) is 0 Å². The van der Waals surface area contributed by atoms with Gasteiger partial charge < -0.3 is 5.32 Å². The van der Waals surface area contributed by atoms with Crippen LogP contribution in [-0.2, 0) is 0 Å². The fraction of sp³-hybridized carbons (Fsp3) is 0.353. The molecule has 1 aromatic carbocycles. The van der Waals surface area contributed by atoms with Crippen molar-refractivity contribution >= 4 is 5.82 Å². The zero-order valence-electron chi connectivity index (χ0n) is 12.9. The summed E-state index contributed by atoms with van der Waals surface area (Å²) in [5.74, 6) is 1.93. The minimum atomic E-state index is 0.251. The van der Waals surface area contributed by atoms with Crippen molar-refractivity contribution in [3.05, 3.63) is 41.2 Å². The lowest BCUT2D eigenvalue weighted by atomic mass is 10.0. The standard InChI is InChI=1S/C17H20N4/c1-5-19-17-12(4)15(20-16(21-17)11(2)3)14-8-6-7-13(9-14)10-18/h6-9,11H,5H2,1-4H3,(H,19,20,21). The normalized spacial score (nSPS) is 10.5. The van der Waals surface area contributed by atoms with Gasteiger partial charge in [-0.25, -0.2) is 9.97 Å². The van der Waals surface area contributed by atoms with Gasteiger partial charge in [-0.05, 0) is 26.0 Å². The number of nitriles is 1. The molecule has 1 aromatic heterocycles. The summed E-state index contributed by atoms with van der Waals surface area (Å²) in [4.78, 5) is 9.30. The molecule has 0 saturated heterocycles. The van der Waals surface area contributed by atoms with E-state index in [1.54, 1.807) is 6.07 Å². The van der Waals surface area contributed by atoms with E-state index in [1.807, 2.05) is 32.0 Å². The summed E-state index contributed by atoms with van der Waals surface area (Å²) in [5.41, 5.74) is 3.50. The Bertz CT molecular complexity index is 684. The molecule has 1 heterocycles. The van der Waals surface area contributed by atoms with Crippen LogP contribution >= 0.6 is 0 Å². The van der Waals surface area contributed by atoms with Crippen molar-refractivity contribution in [3.63, 3.8) is 0 Å². The predicted octanol–water partition coefficient (Wildman–Crippen LogP) is 3.88. The van der Waals surface area contributed by atoms with Crippen molar-refractivity contribution in [2.24, 2.45) is 0 Å². The van der Waals surface area contributed by atoms with Gasteiger partial charge >= 0.3 is 0 Å². The summed E-state index contributed by atoms with van der Waals surface area (Å²) in [7, 11) is 0. The van der Waals surface area contributed by atoms with Crippen LogP contribution in [0.4, 0.5) is 5.82 Å². The van der Waals surface area contributed by atoms with Gasteiger partial charge in [-0.3, -0.25) is 0 Å². The molecule has 108 valence electrons. The number of nitrogens with zero attached hydrogens (tertiary/aromatic N) is 3. The maximum Gasteiger partial charge on any atom is 0.133 e. The highest BCUT2D eigenvalue weighted by Crippen LogP contribution is 2.28. The van der Waals surface area contributed by atoms with Crippen molar-refractivity contribution in [1.29, 1.82) is 5.26 Å². The monoisotopic (exact) mass is 280 g/mol. The minimum Gasteiger partial charge on any atom is -0.370 e. The number of hydrogen-bond acceptors (Lipinski definition) is 4. The number of anilines is 1. The van der Waals surface area contributed by atoms with E-state index in [2.05, 4.69) is 30.2 Å².